The molecule has 0 saturated heterocycles. The van der Waals surface area contributed by atoms with E-state index in [0.29, 0.717) is 4.90 Å². The SMILES string of the molecule is CC(=O)c1c(O)c(C)c(O)c2c1OC1CC(=O)C(C(C)=O)C(O)(Sc3ccccc3)C21C. The van der Waals surface area contributed by atoms with Gasteiger partial charge in [0.15, 0.2) is 11.6 Å². The van der Waals surface area contributed by atoms with Gasteiger partial charge in [-0.3, -0.25) is 14.4 Å². The molecule has 0 radical (unpaired) electrons. The molecule has 0 amide bonds. The molecule has 0 spiro atoms. The van der Waals surface area contributed by atoms with Crippen LogP contribution in [-0.2, 0) is 15.0 Å². The van der Waals surface area contributed by atoms with E-state index in [2.05, 4.69) is 0 Å². The lowest BCUT2D eigenvalue weighted by Gasteiger charge is -2.51. The lowest BCUT2D eigenvalue weighted by molar-refractivity contribution is -0.151. The number of fused-ring (bicyclic) bond motifs is 3. The topological polar surface area (TPSA) is 121 Å². The third-order valence-corrected chi connectivity index (χ3v) is 8.16. The average Bonchev–Trinajstić information content (AvgIpc) is 3.00. The summed E-state index contributed by atoms with van der Waals surface area (Å²) >= 11 is 0.954. The minimum absolute atomic E-state index is 0.0581. The highest BCUT2D eigenvalue weighted by atomic mass is 32.2. The smallest absolute Gasteiger partial charge is 0.167 e. The van der Waals surface area contributed by atoms with Crippen molar-refractivity contribution < 1.29 is 34.4 Å². The zero-order valence-electron chi connectivity index (χ0n) is 18.1. The van der Waals surface area contributed by atoms with Gasteiger partial charge >= 0.3 is 0 Å². The minimum atomic E-state index is -2.03. The Morgan fingerprint density at radius 3 is 2.31 bits per heavy atom. The first-order valence-electron chi connectivity index (χ1n) is 10.2. The molecule has 4 unspecified atom stereocenters. The summed E-state index contributed by atoms with van der Waals surface area (Å²) < 4.78 is 6.01. The number of rotatable bonds is 4. The molecule has 0 aromatic heterocycles. The van der Waals surface area contributed by atoms with Crippen LogP contribution in [0.2, 0.25) is 0 Å². The van der Waals surface area contributed by atoms with Gasteiger partial charge in [0.05, 0.1) is 11.0 Å². The Morgan fingerprint density at radius 1 is 1.12 bits per heavy atom. The maximum atomic E-state index is 13.1. The summed E-state index contributed by atoms with van der Waals surface area (Å²) in [5.41, 5.74) is -1.39. The quantitative estimate of drug-likeness (QED) is 0.364. The molecule has 1 saturated carbocycles. The van der Waals surface area contributed by atoms with Gasteiger partial charge < -0.3 is 20.1 Å². The molecule has 1 aliphatic heterocycles. The molecule has 32 heavy (non-hydrogen) atoms. The van der Waals surface area contributed by atoms with Crippen LogP contribution in [0.1, 0.15) is 48.7 Å². The molecule has 4 rings (SSSR count). The number of thioether (sulfide) groups is 1. The van der Waals surface area contributed by atoms with Crippen LogP contribution in [-0.4, -0.2) is 43.7 Å². The van der Waals surface area contributed by atoms with Gasteiger partial charge in [0.25, 0.3) is 0 Å². The van der Waals surface area contributed by atoms with E-state index in [0.717, 1.165) is 11.8 Å². The third kappa shape index (κ3) is 2.82. The number of Topliss-reactive ketones (excluding diaryl/α,β-unsaturated/α-hetero) is 3. The van der Waals surface area contributed by atoms with Gasteiger partial charge in [-0.2, -0.15) is 0 Å². The van der Waals surface area contributed by atoms with Crippen LogP contribution in [0.5, 0.6) is 17.2 Å². The van der Waals surface area contributed by atoms with E-state index < -0.39 is 45.5 Å². The number of phenols is 2. The van der Waals surface area contributed by atoms with E-state index in [1.54, 1.807) is 37.3 Å². The Morgan fingerprint density at radius 2 is 1.75 bits per heavy atom. The number of hydrogen-bond donors (Lipinski definition) is 3. The van der Waals surface area contributed by atoms with Crippen LogP contribution in [0.3, 0.4) is 0 Å². The van der Waals surface area contributed by atoms with Gasteiger partial charge in [-0.15, -0.1) is 0 Å². The van der Waals surface area contributed by atoms with E-state index in [4.69, 9.17) is 4.74 Å². The highest BCUT2D eigenvalue weighted by molar-refractivity contribution is 8.00. The second-order valence-electron chi connectivity index (χ2n) is 8.59. The van der Waals surface area contributed by atoms with Gasteiger partial charge in [0, 0.05) is 16.9 Å². The van der Waals surface area contributed by atoms with Crippen LogP contribution in [0.4, 0.5) is 0 Å². The molecular weight excluding hydrogens is 432 g/mol. The second-order valence-corrected chi connectivity index (χ2v) is 9.89. The van der Waals surface area contributed by atoms with E-state index in [1.165, 1.54) is 20.8 Å². The van der Waals surface area contributed by atoms with Crippen molar-refractivity contribution >= 4 is 29.1 Å². The molecule has 3 N–H and O–H groups in total. The van der Waals surface area contributed by atoms with Crippen LogP contribution >= 0.6 is 11.8 Å². The largest absolute Gasteiger partial charge is 0.507 e. The maximum Gasteiger partial charge on any atom is 0.167 e. The lowest BCUT2D eigenvalue weighted by atomic mass is 9.61. The summed E-state index contributed by atoms with van der Waals surface area (Å²) in [5.74, 6) is -3.66. The molecule has 0 bridgehead atoms. The Hall–Kier alpha value is -2.84. The predicted octanol–water partition coefficient (Wildman–Crippen LogP) is 3.29. The van der Waals surface area contributed by atoms with E-state index in [-0.39, 0.29) is 34.6 Å². The second kappa shape index (κ2) is 7.35. The first-order chi connectivity index (χ1) is 14.9. The third-order valence-electron chi connectivity index (χ3n) is 6.68. The van der Waals surface area contributed by atoms with Gasteiger partial charge in [-0.05, 0) is 39.8 Å². The summed E-state index contributed by atoms with van der Waals surface area (Å²) in [6.07, 6.45) is -1.14. The minimum Gasteiger partial charge on any atom is -0.507 e. The highest BCUT2D eigenvalue weighted by Crippen LogP contribution is 2.64. The van der Waals surface area contributed by atoms with E-state index >= 15 is 0 Å². The number of carbonyl (C=O) groups excluding carboxylic acids is 3. The zero-order valence-corrected chi connectivity index (χ0v) is 18.9. The summed E-state index contributed by atoms with van der Waals surface area (Å²) in [4.78, 5) is 36.7. The summed E-state index contributed by atoms with van der Waals surface area (Å²) in [6, 6.07) is 8.84. The fourth-order valence-electron chi connectivity index (χ4n) is 4.98. The molecule has 1 heterocycles. The zero-order chi connectivity index (χ0) is 23.6. The Labute approximate surface area is 189 Å². The van der Waals surface area contributed by atoms with Crippen molar-refractivity contribution in [1.82, 2.24) is 0 Å². The molecule has 2 aromatic rings. The van der Waals surface area contributed by atoms with Crippen molar-refractivity contribution in [3.63, 3.8) is 0 Å². The normalized spacial score (nSPS) is 28.6. The molecule has 1 fully saturated rings. The number of aliphatic hydroxyl groups is 1. The summed E-state index contributed by atoms with van der Waals surface area (Å²) in [7, 11) is 0. The number of ketones is 3. The Balaban J connectivity index is 2.06. The van der Waals surface area contributed by atoms with Gasteiger partial charge in [-0.25, -0.2) is 0 Å². The van der Waals surface area contributed by atoms with E-state index in [1.807, 2.05) is 0 Å². The van der Waals surface area contributed by atoms with Gasteiger partial charge in [-0.1, -0.05) is 30.0 Å². The van der Waals surface area contributed by atoms with Crippen LogP contribution < -0.4 is 4.74 Å². The van der Waals surface area contributed by atoms with Crippen molar-refractivity contribution in [2.24, 2.45) is 5.92 Å². The fraction of sp³-hybridized carbons (Fsp3) is 0.375. The number of ether oxygens (including phenoxy) is 1. The van der Waals surface area contributed by atoms with Gasteiger partial charge in [0.1, 0.15) is 45.6 Å². The van der Waals surface area contributed by atoms with Crippen molar-refractivity contribution in [2.75, 3.05) is 0 Å². The van der Waals surface area contributed by atoms with Crippen molar-refractivity contribution in [3.8, 4) is 17.2 Å². The number of aromatic hydroxyl groups is 2. The average molecular weight is 457 g/mol. The van der Waals surface area contributed by atoms with Crippen LogP contribution in [0.15, 0.2) is 35.2 Å². The molecule has 2 aliphatic rings. The number of carbonyl (C=O) groups is 3. The first kappa shape index (κ1) is 22.4. The highest BCUT2D eigenvalue weighted by Gasteiger charge is 2.69. The standard InChI is InChI=1S/C24H24O7S/c1-11-20(28)17(12(2)25)22-19(21(11)29)23(4)16(31-22)10-15(27)18(13(3)26)24(23,30)32-14-8-6-5-7-9-14/h5-9,16,18,28-30H,10H2,1-4H3. The van der Waals surface area contributed by atoms with Crippen molar-refractivity contribution in [1.29, 1.82) is 0 Å². The lowest BCUT2D eigenvalue weighted by Crippen LogP contribution is -2.65. The molecule has 4 atom stereocenters. The summed E-state index contributed by atoms with van der Waals surface area (Å²) in [5, 5.41) is 33.8. The first-order valence-corrected chi connectivity index (χ1v) is 11.0. The predicted molar refractivity (Wildman–Crippen MR) is 117 cm³/mol. The summed E-state index contributed by atoms with van der Waals surface area (Å²) in [6.45, 7) is 5.59. The van der Waals surface area contributed by atoms with Crippen LogP contribution in [0, 0.1) is 12.8 Å². The van der Waals surface area contributed by atoms with E-state index in [9.17, 15) is 29.7 Å². The molecular formula is C24H24O7S. The molecule has 1 aliphatic carbocycles. The van der Waals surface area contributed by atoms with Crippen molar-refractivity contribution in [2.45, 2.75) is 55.5 Å². The molecule has 7 nitrogen and oxygen atoms in total. The maximum absolute atomic E-state index is 13.1. The van der Waals surface area contributed by atoms with Crippen LogP contribution in [0.25, 0.3) is 0 Å². The van der Waals surface area contributed by atoms with Crippen molar-refractivity contribution in [3.05, 3.63) is 47.0 Å². The monoisotopic (exact) mass is 456 g/mol. The molecule has 2 aromatic carbocycles. The Kier molecular flexibility index (Phi) is 5.14. The number of benzene rings is 2. The molecule has 168 valence electrons. The number of hydrogen-bond acceptors (Lipinski definition) is 8. The van der Waals surface area contributed by atoms with Gasteiger partial charge in [0.2, 0.25) is 0 Å². The fourth-order valence-corrected chi connectivity index (χ4v) is 6.50. The Bertz CT molecular complexity index is 1160. The number of phenolic OH excluding ortho intramolecular Hbond substituents is 2. The molecule has 8 heteroatoms.